The predicted octanol–water partition coefficient (Wildman–Crippen LogP) is 2.51. The average molecular weight is 297 g/mol. The van der Waals surface area contributed by atoms with Crippen LogP contribution in [0.1, 0.15) is 12.8 Å². The highest BCUT2D eigenvalue weighted by Gasteiger charge is 2.23. The van der Waals surface area contributed by atoms with Crippen LogP contribution < -0.4 is 4.90 Å². The van der Waals surface area contributed by atoms with Crippen molar-refractivity contribution in [2.24, 2.45) is 0 Å². The zero-order valence-corrected chi connectivity index (χ0v) is 11.6. The standard InChI is InChI=1S/C13H17BrN2O/c1-15-8-2-3-13(15)9-16(10-17)12-6-4-11(14)5-7-12/h4-7,10,13H,2-3,8-9H2,1H3. The average Bonchev–Trinajstić information content (AvgIpc) is 2.73. The first kappa shape index (κ1) is 12.6. The van der Waals surface area contributed by atoms with Gasteiger partial charge in [-0.25, -0.2) is 0 Å². The van der Waals surface area contributed by atoms with E-state index in [0.29, 0.717) is 6.04 Å². The molecule has 0 spiro atoms. The lowest BCUT2D eigenvalue weighted by Gasteiger charge is -2.26. The molecule has 0 bridgehead atoms. The molecule has 1 amide bonds. The Morgan fingerprint density at radius 3 is 2.71 bits per heavy atom. The quantitative estimate of drug-likeness (QED) is 0.797. The normalized spacial score (nSPS) is 20.5. The van der Waals surface area contributed by atoms with Crippen molar-refractivity contribution in [3.8, 4) is 0 Å². The molecule has 0 radical (unpaired) electrons. The van der Waals surface area contributed by atoms with Crippen molar-refractivity contribution in [1.29, 1.82) is 0 Å². The minimum absolute atomic E-state index is 0.490. The summed E-state index contributed by atoms with van der Waals surface area (Å²) in [5.41, 5.74) is 0.962. The lowest BCUT2D eigenvalue weighted by Crippen LogP contribution is -2.37. The summed E-state index contributed by atoms with van der Waals surface area (Å²) in [7, 11) is 2.13. The van der Waals surface area contributed by atoms with Crippen LogP contribution in [0.5, 0.6) is 0 Å². The first-order valence-corrected chi connectivity index (χ1v) is 6.68. The number of likely N-dealkylation sites (tertiary alicyclic amines) is 1. The summed E-state index contributed by atoms with van der Waals surface area (Å²) in [4.78, 5) is 15.3. The number of hydrogen-bond donors (Lipinski definition) is 0. The summed E-state index contributed by atoms with van der Waals surface area (Å²) in [5, 5.41) is 0. The first-order valence-electron chi connectivity index (χ1n) is 5.88. The summed E-state index contributed by atoms with van der Waals surface area (Å²) in [6.07, 6.45) is 3.33. The Labute approximate surface area is 111 Å². The molecular formula is C13H17BrN2O. The predicted molar refractivity (Wildman–Crippen MR) is 73.2 cm³/mol. The van der Waals surface area contributed by atoms with Crippen LogP contribution in [0.2, 0.25) is 0 Å². The van der Waals surface area contributed by atoms with Crippen LogP contribution in [-0.4, -0.2) is 37.5 Å². The maximum atomic E-state index is 11.2. The van der Waals surface area contributed by atoms with Crippen molar-refractivity contribution in [2.75, 3.05) is 25.0 Å². The second-order valence-corrected chi connectivity index (χ2v) is 5.43. The van der Waals surface area contributed by atoms with Gasteiger partial charge in [0.25, 0.3) is 0 Å². The van der Waals surface area contributed by atoms with Crippen LogP contribution in [0.3, 0.4) is 0 Å². The first-order chi connectivity index (χ1) is 8.20. The van der Waals surface area contributed by atoms with Crippen LogP contribution in [0.25, 0.3) is 0 Å². The molecule has 1 heterocycles. The summed E-state index contributed by atoms with van der Waals surface area (Å²) in [6.45, 7) is 1.92. The van der Waals surface area contributed by atoms with Crippen molar-refractivity contribution >= 4 is 28.0 Å². The Morgan fingerprint density at radius 1 is 1.47 bits per heavy atom. The molecule has 1 fully saturated rings. The number of likely N-dealkylation sites (N-methyl/N-ethyl adjacent to an activating group) is 1. The Kier molecular flexibility index (Phi) is 4.18. The monoisotopic (exact) mass is 296 g/mol. The number of carbonyl (C=O) groups excluding carboxylic acids is 1. The van der Waals surface area contributed by atoms with Crippen LogP contribution in [0.15, 0.2) is 28.7 Å². The fraction of sp³-hybridized carbons (Fsp3) is 0.462. The third kappa shape index (κ3) is 3.07. The van der Waals surface area contributed by atoms with Crippen LogP contribution in [0, 0.1) is 0 Å². The van der Waals surface area contributed by atoms with E-state index in [1.54, 1.807) is 4.90 Å². The second kappa shape index (κ2) is 5.65. The van der Waals surface area contributed by atoms with E-state index in [2.05, 4.69) is 27.9 Å². The zero-order valence-electron chi connectivity index (χ0n) is 9.97. The third-order valence-corrected chi connectivity index (χ3v) is 3.89. The van der Waals surface area contributed by atoms with Crippen molar-refractivity contribution in [3.63, 3.8) is 0 Å². The second-order valence-electron chi connectivity index (χ2n) is 4.51. The Balaban J connectivity index is 2.05. The van der Waals surface area contributed by atoms with Gasteiger partial charge in [0, 0.05) is 22.7 Å². The van der Waals surface area contributed by atoms with Crippen molar-refractivity contribution in [2.45, 2.75) is 18.9 Å². The number of carbonyl (C=O) groups is 1. The SMILES string of the molecule is CN1CCCC1CN(C=O)c1ccc(Br)cc1. The molecule has 3 nitrogen and oxygen atoms in total. The van der Waals surface area contributed by atoms with Gasteiger partial charge in [-0.2, -0.15) is 0 Å². The molecule has 1 aliphatic heterocycles. The van der Waals surface area contributed by atoms with E-state index in [1.165, 1.54) is 12.8 Å². The summed E-state index contributed by atoms with van der Waals surface area (Å²) >= 11 is 3.40. The van der Waals surface area contributed by atoms with Gasteiger partial charge in [0.2, 0.25) is 6.41 Å². The highest BCUT2D eigenvalue weighted by Crippen LogP contribution is 2.21. The highest BCUT2D eigenvalue weighted by atomic mass is 79.9. The number of benzene rings is 1. The Morgan fingerprint density at radius 2 is 2.18 bits per heavy atom. The zero-order chi connectivity index (χ0) is 12.3. The molecule has 17 heavy (non-hydrogen) atoms. The van der Waals surface area contributed by atoms with E-state index in [1.807, 2.05) is 24.3 Å². The van der Waals surface area contributed by atoms with Crippen LogP contribution in [0.4, 0.5) is 5.69 Å². The number of halogens is 1. The van der Waals surface area contributed by atoms with Gasteiger partial charge in [-0.15, -0.1) is 0 Å². The van der Waals surface area contributed by atoms with Crippen LogP contribution >= 0.6 is 15.9 Å². The van der Waals surface area contributed by atoms with Crippen LogP contribution in [-0.2, 0) is 4.79 Å². The van der Waals surface area contributed by atoms with E-state index >= 15 is 0 Å². The molecule has 1 aromatic rings. The van der Waals surface area contributed by atoms with Crippen molar-refractivity contribution in [1.82, 2.24) is 4.90 Å². The number of nitrogens with zero attached hydrogens (tertiary/aromatic N) is 2. The molecular weight excluding hydrogens is 280 g/mol. The van der Waals surface area contributed by atoms with E-state index < -0.39 is 0 Å². The minimum atomic E-state index is 0.490. The molecule has 92 valence electrons. The largest absolute Gasteiger partial charge is 0.313 e. The van der Waals surface area contributed by atoms with Gasteiger partial charge in [-0.05, 0) is 50.7 Å². The molecule has 0 saturated carbocycles. The topological polar surface area (TPSA) is 23.6 Å². The van der Waals surface area contributed by atoms with Gasteiger partial charge in [0.05, 0.1) is 0 Å². The smallest absolute Gasteiger partial charge is 0.214 e. The van der Waals surface area contributed by atoms with Gasteiger partial charge in [-0.3, -0.25) is 4.79 Å². The van der Waals surface area contributed by atoms with E-state index in [4.69, 9.17) is 0 Å². The Hall–Kier alpha value is -0.870. The molecule has 1 aliphatic rings. The van der Waals surface area contributed by atoms with Gasteiger partial charge >= 0.3 is 0 Å². The minimum Gasteiger partial charge on any atom is -0.313 e. The summed E-state index contributed by atoms with van der Waals surface area (Å²) in [5.74, 6) is 0. The number of amides is 1. The molecule has 1 unspecified atom stereocenters. The fourth-order valence-electron chi connectivity index (χ4n) is 2.28. The van der Waals surface area contributed by atoms with E-state index in [-0.39, 0.29) is 0 Å². The van der Waals surface area contributed by atoms with Gasteiger partial charge in [-0.1, -0.05) is 15.9 Å². The van der Waals surface area contributed by atoms with E-state index in [9.17, 15) is 4.79 Å². The molecule has 0 aliphatic carbocycles. The number of anilines is 1. The van der Waals surface area contributed by atoms with Crippen molar-refractivity contribution in [3.05, 3.63) is 28.7 Å². The number of rotatable bonds is 4. The maximum absolute atomic E-state index is 11.2. The van der Waals surface area contributed by atoms with Gasteiger partial charge < -0.3 is 9.80 Å². The number of hydrogen-bond acceptors (Lipinski definition) is 2. The van der Waals surface area contributed by atoms with E-state index in [0.717, 1.165) is 29.7 Å². The summed E-state index contributed by atoms with van der Waals surface area (Å²) in [6, 6.07) is 8.35. The Bertz CT molecular complexity index is 380. The molecule has 1 atom stereocenters. The lowest BCUT2D eigenvalue weighted by atomic mass is 10.2. The van der Waals surface area contributed by atoms with Gasteiger partial charge in [0.15, 0.2) is 0 Å². The maximum Gasteiger partial charge on any atom is 0.214 e. The van der Waals surface area contributed by atoms with Gasteiger partial charge in [0.1, 0.15) is 0 Å². The highest BCUT2D eigenvalue weighted by molar-refractivity contribution is 9.10. The molecule has 4 heteroatoms. The van der Waals surface area contributed by atoms with Crippen molar-refractivity contribution < 1.29 is 4.79 Å². The summed E-state index contributed by atoms with van der Waals surface area (Å²) < 4.78 is 1.03. The molecule has 0 N–H and O–H groups in total. The molecule has 1 aromatic carbocycles. The lowest BCUT2D eigenvalue weighted by molar-refractivity contribution is -0.107. The molecule has 2 rings (SSSR count). The molecule has 0 aromatic heterocycles. The fourth-order valence-corrected chi connectivity index (χ4v) is 2.54. The molecule has 1 saturated heterocycles. The third-order valence-electron chi connectivity index (χ3n) is 3.36.